The molecule has 1 aromatic carbocycles. The Balaban J connectivity index is 2.79. The summed E-state index contributed by atoms with van der Waals surface area (Å²) in [5.41, 5.74) is 1.28. The van der Waals surface area contributed by atoms with E-state index < -0.39 is 0 Å². The minimum atomic E-state index is 0.189. The first-order chi connectivity index (χ1) is 8.74. The van der Waals surface area contributed by atoms with Gasteiger partial charge >= 0.3 is 0 Å². The first kappa shape index (κ1) is 15.9. The molecular weight excluding hydrogens is 260 g/mol. The van der Waals surface area contributed by atoms with Gasteiger partial charge in [-0.1, -0.05) is 51.1 Å². The van der Waals surface area contributed by atoms with Gasteiger partial charge < -0.3 is 4.74 Å². The second-order valence-electron chi connectivity index (χ2n) is 4.21. The van der Waals surface area contributed by atoms with Gasteiger partial charge in [0.15, 0.2) is 0 Å². The van der Waals surface area contributed by atoms with Crippen molar-refractivity contribution in [3.05, 3.63) is 35.9 Å². The highest BCUT2D eigenvalue weighted by molar-refractivity contribution is 8.17. The van der Waals surface area contributed by atoms with Crippen molar-refractivity contribution < 1.29 is 4.74 Å². The molecule has 0 bridgehead atoms. The number of methoxy groups -OCH3 is 1. The second-order valence-corrected chi connectivity index (χ2v) is 7.34. The summed E-state index contributed by atoms with van der Waals surface area (Å²) in [6.07, 6.45) is 0.189. The van der Waals surface area contributed by atoms with Crippen molar-refractivity contribution in [2.75, 3.05) is 18.6 Å². The number of hydrogen-bond donors (Lipinski definition) is 0. The number of benzene rings is 1. The van der Waals surface area contributed by atoms with E-state index in [4.69, 9.17) is 4.74 Å². The predicted octanol–water partition coefficient (Wildman–Crippen LogP) is 4.84. The quantitative estimate of drug-likeness (QED) is 0.632. The second kappa shape index (κ2) is 8.89. The Hall–Kier alpha value is -0.120. The SMILES string of the molecule is CCSC(SCC)[C@@H](C)[C@@H](OC)c1ccccc1. The standard InChI is InChI=1S/C15H24OS2/c1-5-17-15(18-6-2)12(3)14(16-4)13-10-8-7-9-11-13/h7-12,14-15H,5-6H2,1-4H3/t12-,14+/m0/s1. The molecule has 0 heterocycles. The highest BCUT2D eigenvalue weighted by Gasteiger charge is 2.26. The molecule has 1 rings (SSSR count). The van der Waals surface area contributed by atoms with E-state index in [1.165, 1.54) is 5.56 Å². The van der Waals surface area contributed by atoms with E-state index in [0.29, 0.717) is 10.5 Å². The van der Waals surface area contributed by atoms with Crippen LogP contribution in [0.3, 0.4) is 0 Å². The first-order valence-electron chi connectivity index (χ1n) is 6.55. The third kappa shape index (κ3) is 4.52. The van der Waals surface area contributed by atoms with Crippen LogP contribution in [0.15, 0.2) is 30.3 Å². The summed E-state index contributed by atoms with van der Waals surface area (Å²) >= 11 is 4.06. The third-order valence-electron chi connectivity index (χ3n) is 2.95. The van der Waals surface area contributed by atoms with Gasteiger partial charge in [0.25, 0.3) is 0 Å². The number of thioether (sulfide) groups is 2. The van der Waals surface area contributed by atoms with Crippen molar-refractivity contribution in [2.24, 2.45) is 5.92 Å². The monoisotopic (exact) mass is 284 g/mol. The minimum absolute atomic E-state index is 0.189. The van der Waals surface area contributed by atoms with Crippen LogP contribution in [0.4, 0.5) is 0 Å². The molecule has 0 spiro atoms. The van der Waals surface area contributed by atoms with Gasteiger partial charge in [-0.2, -0.15) is 0 Å². The van der Waals surface area contributed by atoms with E-state index in [1.807, 2.05) is 30.6 Å². The maximum absolute atomic E-state index is 5.75. The van der Waals surface area contributed by atoms with Crippen LogP contribution in [0.2, 0.25) is 0 Å². The Kier molecular flexibility index (Phi) is 7.87. The lowest BCUT2D eigenvalue weighted by molar-refractivity contribution is 0.0638. The van der Waals surface area contributed by atoms with E-state index in [2.05, 4.69) is 51.1 Å². The highest BCUT2D eigenvalue weighted by atomic mass is 32.2. The summed E-state index contributed by atoms with van der Waals surface area (Å²) in [5.74, 6) is 2.83. The fourth-order valence-electron chi connectivity index (χ4n) is 2.12. The van der Waals surface area contributed by atoms with Gasteiger partial charge in [0.2, 0.25) is 0 Å². The summed E-state index contributed by atoms with van der Waals surface area (Å²) in [5, 5.41) is 0. The molecule has 0 saturated heterocycles. The molecule has 1 nitrogen and oxygen atoms in total. The van der Waals surface area contributed by atoms with Crippen molar-refractivity contribution in [3.8, 4) is 0 Å². The topological polar surface area (TPSA) is 9.23 Å². The zero-order chi connectivity index (χ0) is 13.4. The molecule has 18 heavy (non-hydrogen) atoms. The van der Waals surface area contributed by atoms with Gasteiger partial charge in [0, 0.05) is 13.0 Å². The molecule has 0 fully saturated rings. The first-order valence-corrected chi connectivity index (χ1v) is 8.65. The van der Waals surface area contributed by atoms with Gasteiger partial charge in [-0.25, -0.2) is 0 Å². The molecule has 3 heteroatoms. The summed E-state index contributed by atoms with van der Waals surface area (Å²) < 4.78 is 6.35. The van der Waals surface area contributed by atoms with Crippen LogP contribution < -0.4 is 0 Å². The van der Waals surface area contributed by atoms with E-state index in [9.17, 15) is 0 Å². The van der Waals surface area contributed by atoms with Crippen LogP contribution in [-0.4, -0.2) is 23.2 Å². The molecule has 0 N–H and O–H groups in total. The van der Waals surface area contributed by atoms with Crippen LogP contribution in [0, 0.1) is 5.92 Å². The molecular formula is C15H24OS2. The zero-order valence-corrected chi connectivity index (χ0v) is 13.4. The van der Waals surface area contributed by atoms with Gasteiger partial charge in [-0.05, 0) is 17.1 Å². The highest BCUT2D eigenvalue weighted by Crippen LogP contribution is 2.38. The van der Waals surface area contributed by atoms with Gasteiger partial charge in [0.1, 0.15) is 0 Å². The lowest BCUT2D eigenvalue weighted by Gasteiger charge is -2.29. The Labute approximate surface area is 120 Å². The Morgan fingerprint density at radius 3 is 2.06 bits per heavy atom. The van der Waals surface area contributed by atoms with E-state index in [-0.39, 0.29) is 6.10 Å². The normalized spacial score (nSPS) is 14.7. The Bertz CT molecular complexity index is 310. The average Bonchev–Trinajstić information content (AvgIpc) is 2.40. The van der Waals surface area contributed by atoms with Crippen LogP contribution in [-0.2, 0) is 4.74 Å². The van der Waals surface area contributed by atoms with E-state index >= 15 is 0 Å². The van der Waals surface area contributed by atoms with Crippen molar-refractivity contribution in [3.63, 3.8) is 0 Å². The number of rotatable bonds is 8. The van der Waals surface area contributed by atoms with Crippen molar-refractivity contribution in [1.82, 2.24) is 0 Å². The fourth-order valence-corrected chi connectivity index (χ4v) is 4.87. The Morgan fingerprint density at radius 2 is 1.61 bits per heavy atom. The molecule has 0 unspecified atom stereocenters. The van der Waals surface area contributed by atoms with E-state index in [1.54, 1.807) is 0 Å². The van der Waals surface area contributed by atoms with Crippen LogP contribution >= 0.6 is 23.5 Å². The third-order valence-corrected chi connectivity index (χ3v) is 5.95. The van der Waals surface area contributed by atoms with Crippen LogP contribution in [0.1, 0.15) is 32.4 Å². The van der Waals surface area contributed by atoms with Gasteiger partial charge in [-0.3, -0.25) is 0 Å². The largest absolute Gasteiger partial charge is 0.376 e. The fraction of sp³-hybridized carbons (Fsp3) is 0.600. The summed E-state index contributed by atoms with van der Waals surface area (Å²) in [6.45, 7) is 6.76. The Morgan fingerprint density at radius 1 is 1.06 bits per heavy atom. The molecule has 0 aliphatic heterocycles. The van der Waals surface area contributed by atoms with Crippen molar-refractivity contribution in [1.29, 1.82) is 0 Å². The lowest BCUT2D eigenvalue weighted by atomic mass is 9.99. The molecule has 102 valence electrons. The van der Waals surface area contributed by atoms with Crippen LogP contribution in [0.5, 0.6) is 0 Å². The molecule has 0 aliphatic carbocycles. The van der Waals surface area contributed by atoms with Gasteiger partial charge in [0.05, 0.1) is 10.7 Å². The average molecular weight is 284 g/mol. The van der Waals surface area contributed by atoms with Gasteiger partial charge in [-0.15, -0.1) is 23.5 Å². The molecule has 0 aromatic heterocycles. The summed E-state index contributed by atoms with van der Waals surface area (Å²) in [6, 6.07) is 10.6. The summed E-state index contributed by atoms with van der Waals surface area (Å²) in [4.78, 5) is 0. The number of hydrogen-bond acceptors (Lipinski definition) is 3. The minimum Gasteiger partial charge on any atom is -0.376 e. The maximum atomic E-state index is 5.75. The smallest absolute Gasteiger partial charge is 0.0865 e. The molecule has 0 radical (unpaired) electrons. The lowest BCUT2D eigenvalue weighted by Crippen LogP contribution is -2.21. The van der Waals surface area contributed by atoms with Crippen molar-refractivity contribution >= 4 is 23.5 Å². The molecule has 0 aliphatic rings. The molecule has 1 aromatic rings. The van der Waals surface area contributed by atoms with Crippen molar-refractivity contribution in [2.45, 2.75) is 31.5 Å². The van der Waals surface area contributed by atoms with Crippen LogP contribution in [0.25, 0.3) is 0 Å². The molecule has 0 amide bonds. The zero-order valence-electron chi connectivity index (χ0n) is 11.8. The number of ether oxygens (including phenoxy) is 1. The van der Waals surface area contributed by atoms with E-state index in [0.717, 1.165) is 11.5 Å². The maximum Gasteiger partial charge on any atom is 0.0865 e. The summed E-state index contributed by atoms with van der Waals surface area (Å²) in [7, 11) is 1.82. The predicted molar refractivity (Wildman–Crippen MR) is 85.4 cm³/mol. The molecule has 0 saturated carbocycles. The molecule has 2 atom stereocenters.